The van der Waals surface area contributed by atoms with Crippen LogP contribution in [0.2, 0.25) is 0 Å². The first kappa shape index (κ1) is 28.0. The molecule has 222 valence electrons. The van der Waals surface area contributed by atoms with Gasteiger partial charge in [-0.15, -0.1) is 0 Å². The van der Waals surface area contributed by atoms with Crippen LogP contribution in [0.5, 0.6) is 11.5 Å². The summed E-state index contributed by atoms with van der Waals surface area (Å²) in [6.07, 6.45) is 3.42. The molecule has 5 atom stereocenters. The monoisotopic (exact) mass is 576 g/mol. The smallest absolute Gasteiger partial charge is 0.298 e. The van der Waals surface area contributed by atoms with Crippen LogP contribution in [0.25, 0.3) is 0 Å². The molecule has 1 saturated carbocycles. The van der Waals surface area contributed by atoms with Gasteiger partial charge in [0.1, 0.15) is 5.60 Å². The number of ether oxygens (including phenoxy) is 1. The van der Waals surface area contributed by atoms with Crippen LogP contribution in [0.3, 0.4) is 0 Å². The first-order valence-electron chi connectivity index (χ1n) is 15.5. The number of hydrogen-bond donors (Lipinski definition) is 2. The van der Waals surface area contributed by atoms with Gasteiger partial charge in [0.25, 0.3) is 5.91 Å². The molecule has 3 aromatic carbocycles. The predicted molar refractivity (Wildman–Crippen MR) is 166 cm³/mol. The van der Waals surface area contributed by atoms with E-state index in [1.165, 1.54) is 11.1 Å². The number of carbonyl (C=O) groups excluding carboxylic acids is 1. The number of amides is 1. The summed E-state index contributed by atoms with van der Waals surface area (Å²) < 4.78 is 6.83. The van der Waals surface area contributed by atoms with E-state index in [-0.39, 0.29) is 23.7 Å². The van der Waals surface area contributed by atoms with Crippen molar-refractivity contribution in [2.75, 3.05) is 20.1 Å². The summed E-state index contributed by atoms with van der Waals surface area (Å²) in [6, 6.07) is 19.8. The maximum atomic E-state index is 13.6. The molecule has 0 radical (unpaired) electrons. The normalized spacial score (nSPS) is 30.1. The number of rotatable bonds is 4. The van der Waals surface area contributed by atoms with Crippen LogP contribution in [-0.4, -0.2) is 69.3 Å². The fourth-order valence-corrected chi connectivity index (χ4v) is 8.98. The number of phenols is 1. The number of likely N-dealkylation sites (tertiary alicyclic amines) is 1. The van der Waals surface area contributed by atoms with Crippen LogP contribution in [0.1, 0.15) is 59.6 Å². The summed E-state index contributed by atoms with van der Waals surface area (Å²) in [5.41, 5.74) is 3.75. The number of aliphatic hydroxyl groups is 1. The largest absolute Gasteiger partial charge is 0.504 e. The molecule has 2 bridgehead atoms. The third kappa shape index (κ3) is 3.91. The number of benzene rings is 3. The highest BCUT2D eigenvalue weighted by atomic mass is 16.5. The van der Waals surface area contributed by atoms with E-state index in [1.54, 1.807) is 18.0 Å². The van der Waals surface area contributed by atoms with Gasteiger partial charge in [-0.25, -0.2) is 0 Å². The highest BCUT2D eigenvalue weighted by Gasteiger charge is 2.78. The van der Waals surface area contributed by atoms with Crippen LogP contribution in [0.4, 0.5) is 0 Å². The van der Waals surface area contributed by atoms with Crippen molar-refractivity contribution < 1.29 is 19.7 Å². The van der Waals surface area contributed by atoms with Crippen molar-refractivity contribution in [2.24, 2.45) is 0 Å². The first-order valence-corrected chi connectivity index (χ1v) is 15.5. The van der Waals surface area contributed by atoms with Gasteiger partial charge in [0.05, 0.1) is 17.1 Å². The van der Waals surface area contributed by atoms with Gasteiger partial charge in [-0.3, -0.25) is 9.69 Å². The van der Waals surface area contributed by atoms with Crippen molar-refractivity contribution in [3.63, 3.8) is 0 Å². The lowest BCUT2D eigenvalue weighted by Crippen LogP contribution is -2.82. The van der Waals surface area contributed by atoms with Crippen LogP contribution in [0.15, 0.2) is 60.7 Å². The van der Waals surface area contributed by atoms with Crippen molar-refractivity contribution in [2.45, 2.75) is 81.6 Å². The zero-order valence-corrected chi connectivity index (χ0v) is 25.5. The topological polar surface area (TPSA) is 73.2 Å². The van der Waals surface area contributed by atoms with Crippen LogP contribution >= 0.6 is 0 Å². The second kappa shape index (κ2) is 9.87. The molecule has 0 aromatic heterocycles. The van der Waals surface area contributed by atoms with Crippen LogP contribution < -0.4 is 4.74 Å². The summed E-state index contributed by atoms with van der Waals surface area (Å²) in [4.78, 5) is 17.8. The number of likely N-dealkylation sites (N-methyl/N-ethyl adjacent to an activating group) is 1. The quantitative estimate of drug-likeness (QED) is 0.442. The Labute approximate surface area is 254 Å². The van der Waals surface area contributed by atoms with Gasteiger partial charge in [0.2, 0.25) is 0 Å². The molecule has 2 heterocycles. The zero-order chi connectivity index (χ0) is 30.1. The average Bonchev–Trinajstić information content (AvgIpc) is 3.28. The SMILES string of the molecule is Cc1ccc(C#CC(=O)N(C)[C@H]2CC[C@@]3(O)[C@H]4Cc5ccc(O)c6c5[C@@]3(CCN4CCc3ccccc3)[C@@]2(C)O6)cc1C. The minimum Gasteiger partial charge on any atom is -0.504 e. The van der Waals surface area contributed by atoms with Gasteiger partial charge in [-0.2, -0.15) is 0 Å². The second-order valence-corrected chi connectivity index (χ2v) is 13.2. The number of piperidine rings is 1. The number of hydrogen-bond acceptors (Lipinski definition) is 5. The van der Waals surface area contributed by atoms with Crippen molar-refractivity contribution in [1.82, 2.24) is 9.80 Å². The van der Waals surface area contributed by atoms with E-state index in [1.807, 2.05) is 44.2 Å². The molecule has 3 aromatic rings. The molecule has 0 unspecified atom stereocenters. The minimum atomic E-state index is -1.06. The molecule has 43 heavy (non-hydrogen) atoms. The molecule has 6 heteroatoms. The molecule has 2 N–H and O–H groups in total. The Morgan fingerprint density at radius 1 is 1.09 bits per heavy atom. The van der Waals surface area contributed by atoms with Gasteiger partial charge >= 0.3 is 0 Å². The number of carbonyl (C=O) groups is 1. The summed E-state index contributed by atoms with van der Waals surface area (Å²) >= 11 is 0. The Balaban J connectivity index is 1.25. The molecule has 6 nitrogen and oxygen atoms in total. The van der Waals surface area contributed by atoms with Crippen LogP contribution in [-0.2, 0) is 23.1 Å². The van der Waals surface area contributed by atoms with E-state index in [2.05, 4.69) is 47.9 Å². The number of aryl methyl sites for hydroxylation is 2. The van der Waals surface area contributed by atoms with Gasteiger partial charge < -0.3 is 19.8 Å². The molecule has 1 spiro atoms. The third-order valence-electron chi connectivity index (χ3n) is 11.3. The number of phenolic OH excluding ortho intramolecular Hbond substituents is 1. The highest BCUT2D eigenvalue weighted by Crippen LogP contribution is 2.69. The van der Waals surface area contributed by atoms with Crippen molar-refractivity contribution in [1.29, 1.82) is 0 Å². The molecule has 1 amide bonds. The molecule has 7 rings (SSSR count). The maximum absolute atomic E-state index is 13.6. The minimum absolute atomic E-state index is 0.0811. The van der Waals surface area contributed by atoms with Crippen molar-refractivity contribution in [3.8, 4) is 23.3 Å². The van der Waals surface area contributed by atoms with Gasteiger partial charge in [0, 0.05) is 36.7 Å². The summed E-state index contributed by atoms with van der Waals surface area (Å²) in [5.74, 6) is 6.23. The number of nitrogens with zero attached hydrogens (tertiary/aromatic N) is 2. The molecule has 1 saturated heterocycles. The Bertz CT molecular complexity index is 1680. The first-order chi connectivity index (χ1) is 20.6. The molecule has 2 aliphatic carbocycles. The molecule has 4 aliphatic rings. The Morgan fingerprint density at radius 3 is 2.65 bits per heavy atom. The summed E-state index contributed by atoms with van der Waals surface area (Å²) in [6.45, 7) is 7.82. The standard InChI is InChI=1S/C37H40N2O4/c1-24-10-11-27(22-25(24)2)12-15-32(41)38(4)30-16-18-37(42)31-23-28-13-14-29(40)34-33(28)36(37,35(30,3)43-34)19-21-39(31)20-17-26-8-6-5-7-9-26/h5-11,13-14,22,30-31,40,42H,16-21,23H2,1-4H3/t30-,31+,35-,36-,37+/m0/s1. The second-order valence-electron chi connectivity index (χ2n) is 13.2. The Morgan fingerprint density at radius 2 is 1.88 bits per heavy atom. The van der Waals surface area contributed by atoms with Gasteiger partial charge in [0.15, 0.2) is 11.5 Å². The lowest BCUT2D eigenvalue weighted by molar-refractivity contribution is -0.228. The average molecular weight is 577 g/mol. The Kier molecular flexibility index (Phi) is 6.43. The lowest BCUT2D eigenvalue weighted by Gasteiger charge is -2.67. The number of aromatic hydroxyl groups is 1. The van der Waals surface area contributed by atoms with E-state index >= 15 is 0 Å². The third-order valence-corrected chi connectivity index (χ3v) is 11.3. The zero-order valence-electron chi connectivity index (χ0n) is 25.5. The van der Waals surface area contributed by atoms with Crippen LogP contribution in [0, 0.1) is 25.7 Å². The molecule has 2 fully saturated rings. The predicted octanol–water partition coefficient (Wildman–Crippen LogP) is 4.67. The highest BCUT2D eigenvalue weighted by molar-refractivity contribution is 5.94. The molecular formula is C37H40N2O4. The maximum Gasteiger partial charge on any atom is 0.298 e. The van der Waals surface area contributed by atoms with E-state index in [0.29, 0.717) is 31.4 Å². The molecule has 2 aliphatic heterocycles. The van der Waals surface area contributed by atoms with E-state index in [4.69, 9.17) is 4.74 Å². The van der Waals surface area contributed by atoms with E-state index < -0.39 is 16.6 Å². The fraction of sp³-hybridized carbons (Fsp3) is 0.432. The van der Waals surface area contributed by atoms with E-state index in [0.717, 1.165) is 41.8 Å². The van der Waals surface area contributed by atoms with Gasteiger partial charge in [-0.05, 0) is 99.9 Å². The van der Waals surface area contributed by atoms with Crippen molar-refractivity contribution in [3.05, 3.63) is 94.0 Å². The van der Waals surface area contributed by atoms with Gasteiger partial charge in [-0.1, -0.05) is 48.4 Å². The molecular weight excluding hydrogens is 536 g/mol. The summed E-state index contributed by atoms with van der Waals surface area (Å²) in [7, 11) is 1.80. The summed E-state index contributed by atoms with van der Waals surface area (Å²) in [5, 5.41) is 24.0. The fourth-order valence-electron chi connectivity index (χ4n) is 8.98. The van der Waals surface area contributed by atoms with E-state index in [9.17, 15) is 15.0 Å². The lowest BCUT2D eigenvalue weighted by atomic mass is 9.44. The van der Waals surface area contributed by atoms with Crippen molar-refractivity contribution >= 4 is 5.91 Å². The Hall–Kier alpha value is -3.79.